The Bertz CT molecular complexity index is 1810. The van der Waals surface area contributed by atoms with E-state index in [0.29, 0.717) is 42.9 Å². The van der Waals surface area contributed by atoms with Gasteiger partial charge in [0, 0.05) is 60.4 Å². The summed E-state index contributed by atoms with van der Waals surface area (Å²) in [5.41, 5.74) is 2.98. The fourth-order valence-corrected chi connectivity index (χ4v) is 8.53. The second-order valence-corrected chi connectivity index (χ2v) is 13.9. The van der Waals surface area contributed by atoms with Crippen LogP contribution in [-0.2, 0) is 21.8 Å². The van der Waals surface area contributed by atoms with Crippen LogP contribution in [0, 0.1) is 17.0 Å². The zero-order valence-electron chi connectivity index (χ0n) is 25.0. The van der Waals surface area contributed by atoms with Gasteiger partial charge in [-0.05, 0) is 56.3 Å². The number of aryl methyl sites for hydroxylation is 1. The molecule has 2 aliphatic rings. The van der Waals surface area contributed by atoms with Gasteiger partial charge in [-0.3, -0.25) is 0 Å². The number of nitro groups is 1. The van der Waals surface area contributed by atoms with Crippen LogP contribution in [0.3, 0.4) is 0 Å². The van der Waals surface area contributed by atoms with Crippen LogP contribution in [0.25, 0.3) is 10.4 Å². The third-order valence-electron chi connectivity index (χ3n) is 8.03. The smallest absolute Gasteiger partial charge is 0.384 e. The number of thiazole rings is 1. The van der Waals surface area contributed by atoms with Gasteiger partial charge in [-0.1, -0.05) is 47.2 Å². The SMILES string of the molecule is Cc1ccc(-c2sc(N3CCN(c4cccc(OCC5COC(Cn6ccnc6)(c6sccc6Br)O5)c4)CC3)nc2[N+](=O)[O-])cc1. The Morgan fingerprint density at radius 1 is 1.13 bits per heavy atom. The number of hydrogen-bond donors (Lipinski definition) is 0. The van der Waals surface area contributed by atoms with Gasteiger partial charge in [-0.15, -0.1) is 11.3 Å². The summed E-state index contributed by atoms with van der Waals surface area (Å²) in [5.74, 6) is -0.261. The van der Waals surface area contributed by atoms with Crippen LogP contribution >= 0.6 is 38.6 Å². The summed E-state index contributed by atoms with van der Waals surface area (Å²) in [6, 6.07) is 17.8. The molecule has 46 heavy (non-hydrogen) atoms. The molecule has 2 atom stereocenters. The molecule has 0 radical (unpaired) electrons. The number of imidazole rings is 1. The highest BCUT2D eigenvalue weighted by atomic mass is 79.9. The first-order valence-corrected chi connectivity index (χ1v) is 17.3. The third kappa shape index (κ3) is 6.40. The third-order valence-corrected chi connectivity index (χ3v) is 11.1. The van der Waals surface area contributed by atoms with Crippen LogP contribution in [0.2, 0.25) is 0 Å². The number of hydrogen-bond acceptors (Lipinski definition) is 11. The van der Waals surface area contributed by atoms with Crippen molar-refractivity contribution in [2.75, 3.05) is 49.2 Å². The van der Waals surface area contributed by atoms with E-state index in [-0.39, 0.29) is 16.8 Å². The van der Waals surface area contributed by atoms with Gasteiger partial charge in [0.05, 0.1) is 24.4 Å². The second-order valence-electron chi connectivity index (χ2n) is 11.2. The Balaban J connectivity index is 0.979. The summed E-state index contributed by atoms with van der Waals surface area (Å²) in [6.07, 6.45) is 5.15. The van der Waals surface area contributed by atoms with Crippen LogP contribution in [0.15, 0.2) is 83.2 Å². The minimum absolute atomic E-state index is 0.0882. The molecule has 0 bridgehead atoms. The minimum atomic E-state index is -0.929. The number of aromatic nitrogens is 3. The van der Waals surface area contributed by atoms with E-state index < -0.39 is 5.79 Å². The molecular formula is C32H31BrN6O5S2. The molecule has 14 heteroatoms. The van der Waals surface area contributed by atoms with E-state index in [0.717, 1.165) is 45.0 Å². The zero-order valence-corrected chi connectivity index (χ0v) is 28.2. The van der Waals surface area contributed by atoms with Gasteiger partial charge in [0.1, 0.15) is 23.3 Å². The number of benzene rings is 2. The maximum Gasteiger partial charge on any atom is 0.384 e. The van der Waals surface area contributed by atoms with E-state index >= 15 is 0 Å². The molecule has 0 aliphatic carbocycles. The molecule has 2 unspecified atom stereocenters. The molecule has 2 saturated heterocycles. The molecule has 2 aliphatic heterocycles. The van der Waals surface area contributed by atoms with Crippen molar-refractivity contribution in [3.05, 3.63) is 104 Å². The molecule has 2 aromatic carbocycles. The van der Waals surface area contributed by atoms with E-state index in [1.165, 1.54) is 11.3 Å². The van der Waals surface area contributed by atoms with Gasteiger partial charge < -0.3 is 38.7 Å². The monoisotopic (exact) mass is 722 g/mol. The molecule has 5 heterocycles. The van der Waals surface area contributed by atoms with Crippen molar-refractivity contribution in [2.45, 2.75) is 25.4 Å². The molecule has 5 aromatic rings. The maximum absolute atomic E-state index is 11.8. The van der Waals surface area contributed by atoms with E-state index in [4.69, 9.17) is 14.2 Å². The molecule has 11 nitrogen and oxygen atoms in total. The van der Waals surface area contributed by atoms with Crippen LogP contribution < -0.4 is 14.5 Å². The molecule has 0 saturated carbocycles. The summed E-state index contributed by atoms with van der Waals surface area (Å²) in [5, 5.41) is 14.5. The zero-order chi connectivity index (χ0) is 31.7. The average Bonchev–Trinajstić information content (AvgIpc) is 3.89. The molecule has 0 amide bonds. The normalized spacial score (nSPS) is 19.9. The highest BCUT2D eigenvalue weighted by molar-refractivity contribution is 9.10. The first-order chi connectivity index (χ1) is 22.4. The van der Waals surface area contributed by atoms with Crippen molar-refractivity contribution in [1.29, 1.82) is 0 Å². The van der Waals surface area contributed by atoms with E-state index in [9.17, 15) is 10.1 Å². The lowest BCUT2D eigenvalue weighted by atomic mass is 10.1. The second kappa shape index (κ2) is 13.1. The van der Waals surface area contributed by atoms with E-state index in [1.54, 1.807) is 23.9 Å². The lowest BCUT2D eigenvalue weighted by molar-refractivity contribution is -0.388. The summed E-state index contributed by atoms with van der Waals surface area (Å²) in [6.45, 7) is 6.13. The fourth-order valence-electron chi connectivity index (χ4n) is 5.68. The van der Waals surface area contributed by atoms with Crippen LogP contribution in [-0.4, -0.2) is 65.0 Å². The van der Waals surface area contributed by atoms with Gasteiger partial charge in [-0.2, -0.15) is 0 Å². The number of halogens is 1. The highest BCUT2D eigenvalue weighted by Gasteiger charge is 2.46. The van der Waals surface area contributed by atoms with Gasteiger partial charge in [0.2, 0.25) is 5.79 Å². The molecular weight excluding hydrogens is 692 g/mol. The summed E-state index contributed by atoms with van der Waals surface area (Å²) < 4.78 is 22.0. The Labute approximate surface area is 282 Å². The van der Waals surface area contributed by atoms with Crippen molar-refractivity contribution in [3.63, 3.8) is 0 Å². The Hall–Kier alpha value is -3.82. The topological polar surface area (TPSA) is 108 Å². The number of nitrogens with zero attached hydrogens (tertiary/aromatic N) is 6. The number of ether oxygens (including phenoxy) is 3. The minimum Gasteiger partial charge on any atom is -0.491 e. The molecule has 7 rings (SSSR count). The van der Waals surface area contributed by atoms with Crippen molar-refractivity contribution < 1.29 is 19.1 Å². The largest absolute Gasteiger partial charge is 0.491 e. The fraction of sp³-hybridized carbons (Fsp3) is 0.312. The van der Waals surface area contributed by atoms with Gasteiger partial charge >= 0.3 is 10.9 Å². The summed E-state index contributed by atoms with van der Waals surface area (Å²) >= 11 is 6.62. The van der Waals surface area contributed by atoms with Crippen molar-refractivity contribution >= 4 is 55.2 Å². The first-order valence-electron chi connectivity index (χ1n) is 14.8. The summed E-state index contributed by atoms with van der Waals surface area (Å²) in [4.78, 5) is 26.0. The van der Waals surface area contributed by atoms with Crippen molar-refractivity contribution in [3.8, 4) is 16.2 Å². The Kier molecular flexibility index (Phi) is 8.79. The van der Waals surface area contributed by atoms with Crippen LogP contribution in [0.4, 0.5) is 16.6 Å². The lowest BCUT2D eigenvalue weighted by Gasteiger charge is -2.35. The van der Waals surface area contributed by atoms with Gasteiger partial charge in [0.25, 0.3) is 0 Å². The van der Waals surface area contributed by atoms with E-state index in [1.807, 2.05) is 71.6 Å². The number of anilines is 2. The van der Waals surface area contributed by atoms with Gasteiger partial charge in [0.15, 0.2) is 0 Å². The quantitative estimate of drug-likeness (QED) is 0.115. The van der Waals surface area contributed by atoms with Crippen molar-refractivity contribution in [1.82, 2.24) is 14.5 Å². The number of piperazine rings is 1. The Morgan fingerprint density at radius 3 is 2.65 bits per heavy atom. The molecule has 2 fully saturated rings. The van der Waals surface area contributed by atoms with Gasteiger partial charge in [-0.25, -0.2) is 4.98 Å². The van der Waals surface area contributed by atoms with Crippen molar-refractivity contribution in [2.24, 2.45) is 0 Å². The van der Waals surface area contributed by atoms with E-state index in [2.05, 4.69) is 41.8 Å². The average molecular weight is 724 g/mol. The standard InChI is InChI=1S/C32H31BrN6O5S2/c1-22-5-7-23(8-6-22)28-30(39(40)41)35-31(46-28)38-14-12-37(13-15-38)24-3-2-4-25(17-24)42-18-26-19-43-32(44-26,20-36-11-10-34-21-36)29-27(33)9-16-45-29/h2-11,16-17,21,26H,12-15,18-20H2,1H3. The predicted octanol–water partition coefficient (Wildman–Crippen LogP) is 6.72. The highest BCUT2D eigenvalue weighted by Crippen LogP contribution is 2.43. The maximum atomic E-state index is 11.8. The Morgan fingerprint density at radius 2 is 1.93 bits per heavy atom. The molecule has 0 N–H and O–H groups in total. The van der Waals surface area contributed by atoms with Crippen LogP contribution in [0.1, 0.15) is 10.4 Å². The number of rotatable bonds is 10. The molecule has 238 valence electrons. The number of thiophene rings is 1. The van der Waals surface area contributed by atoms with Crippen LogP contribution in [0.5, 0.6) is 5.75 Å². The summed E-state index contributed by atoms with van der Waals surface area (Å²) in [7, 11) is 0. The first kappa shape index (κ1) is 30.8. The molecule has 3 aromatic heterocycles. The lowest BCUT2D eigenvalue weighted by Crippen LogP contribution is -2.46. The molecule has 0 spiro atoms. The predicted molar refractivity (Wildman–Crippen MR) is 182 cm³/mol.